The van der Waals surface area contributed by atoms with E-state index in [2.05, 4.69) is 26.6 Å². The van der Waals surface area contributed by atoms with Gasteiger partial charge in [0.05, 0.1) is 0 Å². The number of benzene rings is 1. The summed E-state index contributed by atoms with van der Waals surface area (Å²) in [7, 11) is 0. The molecule has 0 saturated carbocycles. The maximum Gasteiger partial charge on any atom is 0.223 e. The van der Waals surface area contributed by atoms with Gasteiger partial charge >= 0.3 is 0 Å². The van der Waals surface area contributed by atoms with Crippen LogP contribution in [0.25, 0.3) is 0 Å². The number of nitrogens with one attached hydrogen (secondary N) is 2. The molecule has 1 saturated heterocycles. The van der Waals surface area contributed by atoms with Crippen LogP contribution in [0, 0.1) is 11.8 Å². The van der Waals surface area contributed by atoms with Crippen molar-refractivity contribution in [3.63, 3.8) is 0 Å². The number of rotatable bonds is 4. The Morgan fingerprint density at radius 2 is 2.26 bits per heavy atom. The van der Waals surface area contributed by atoms with Gasteiger partial charge in [0.25, 0.3) is 0 Å². The van der Waals surface area contributed by atoms with Crippen LogP contribution < -0.4 is 10.6 Å². The number of hydrogen-bond acceptors (Lipinski definition) is 2. The van der Waals surface area contributed by atoms with Gasteiger partial charge in [-0.15, -0.1) is 12.4 Å². The maximum absolute atomic E-state index is 11.9. The van der Waals surface area contributed by atoms with Crippen molar-refractivity contribution in [3.05, 3.63) is 33.3 Å². The first-order valence-electron chi connectivity index (χ1n) is 6.00. The van der Waals surface area contributed by atoms with Crippen molar-refractivity contribution in [2.24, 2.45) is 11.8 Å². The van der Waals surface area contributed by atoms with Gasteiger partial charge in [-0.1, -0.05) is 40.5 Å². The first-order chi connectivity index (χ1) is 8.58. The van der Waals surface area contributed by atoms with Crippen LogP contribution in [0.5, 0.6) is 0 Å². The highest BCUT2D eigenvalue weighted by molar-refractivity contribution is 9.10. The van der Waals surface area contributed by atoms with E-state index in [1.165, 1.54) is 0 Å². The predicted molar refractivity (Wildman–Crippen MR) is 83.8 cm³/mol. The molecular weight excluding hydrogens is 351 g/mol. The van der Waals surface area contributed by atoms with Gasteiger partial charge in [0.15, 0.2) is 0 Å². The van der Waals surface area contributed by atoms with Crippen molar-refractivity contribution in [1.82, 2.24) is 10.6 Å². The van der Waals surface area contributed by atoms with E-state index in [4.69, 9.17) is 11.6 Å². The van der Waals surface area contributed by atoms with Gasteiger partial charge < -0.3 is 10.6 Å². The quantitative estimate of drug-likeness (QED) is 0.858. The molecule has 2 N–H and O–H groups in total. The van der Waals surface area contributed by atoms with Crippen LogP contribution >= 0.6 is 39.9 Å². The lowest BCUT2D eigenvalue weighted by Crippen LogP contribution is -2.49. The summed E-state index contributed by atoms with van der Waals surface area (Å²) in [5.41, 5.74) is 0.937. The third-order valence-electron chi connectivity index (χ3n) is 3.40. The van der Waals surface area contributed by atoms with Gasteiger partial charge in [0, 0.05) is 22.0 Å². The van der Waals surface area contributed by atoms with Gasteiger partial charge in [0.1, 0.15) is 0 Å². The van der Waals surface area contributed by atoms with Crippen molar-refractivity contribution in [3.8, 4) is 0 Å². The first kappa shape index (κ1) is 16.8. The van der Waals surface area contributed by atoms with E-state index in [1.54, 1.807) is 0 Å². The molecule has 106 valence electrons. The molecule has 3 nitrogen and oxygen atoms in total. The molecule has 0 spiro atoms. The minimum absolute atomic E-state index is 0. The molecule has 1 aromatic rings. The average molecular weight is 368 g/mol. The Morgan fingerprint density at radius 3 is 2.79 bits per heavy atom. The summed E-state index contributed by atoms with van der Waals surface area (Å²) >= 11 is 9.46. The second-order valence-electron chi connectivity index (χ2n) is 4.66. The molecule has 1 aliphatic rings. The van der Waals surface area contributed by atoms with Gasteiger partial charge in [0.2, 0.25) is 5.91 Å². The van der Waals surface area contributed by atoms with Crippen molar-refractivity contribution in [2.45, 2.75) is 13.5 Å². The number of carbonyl (C=O) groups excluding carboxylic acids is 1. The van der Waals surface area contributed by atoms with E-state index < -0.39 is 0 Å². The normalized spacial score (nSPS) is 16.2. The lowest BCUT2D eigenvalue weighted by Gasteiger charge is -2.31. The second-order valence-corrected chi connectivity index (χ2v) is 5.98. The van der Waals surface area contributed by atoms with E-state index in [9.17, 15) is 4.79 Å². The van der Waals surface area contributed by atoms with Crippen molar-refractivity contribution >= 4 is 45.8 Å². The molecule has 1 aliphatic heterocycles. The fourth-order valence-corrected chi connectivity index (χ4v) is 2.63. The summed E-state index contributed by atoms with van der Waals surface area (Å²) in [5, 5.41) is 6.79. The Labute approximate surface area is 133 Å². The SMILES string of the molecule is CC(C(=O)NCc1ccc(Br)cc1Cl)C1CNC1.Cl. The number of amides is 1. The Hall–Kier alpha value is -0.290. The summed E-state index contributed by atoms with van der Waals surface area (Å²) in [6, 6.07) is 5.68. The molecule has 2 rings (SSSR count). The van der Waals surface area contributed by atoms with Crippen LogP contribution in [0.2, 0.25) is 5.02 Å². The van der Waals surface area contributed by atoms with Gasteiger partial charge in [-0.2, -0.15) is 0 Å². The molecule has 1 atom stereocenters. The summed E-state index contributed by atoms with van der Waals surface area (Å²) < 4.78 is 0.941. The lowest BCUT2D eigenvalue weighted by molar-refractivity contribution is -0.126. The number of halogens is 3. The first-order valence-corrected chi connectivity index (χ1v) is 7.17. The van der Waals surface area contributed by atoms with Crippen molar-refractivity contribution < 1.29 is 4.79 Å². The molecule has 1 fully saturated rings. The van der Waals surface area contributed by atoms with Crippen LogP contribution in [0.15, 0.2) is 22.7 Å². The van der Waals surface area contributed by atoms with Crippen LogP contribution in [0.1, 0.15) is 12.5 Å². The molecule has 1 amide bonds. The summed E-state index contributed by atoms with van der Waals surface area (Å²) in [6.07, 6.45) is 0. The summed E-state index contributed by atoms with van der Waals surface area (Å²) in [6.45, 7) is 4.33. The molecule has 0 bridgehead atoms. The number of hydrogen-bond donors (Lipinski definition) is 2. The molecule has 0 aliphatic carbocycles. The van der Waals surface area contributed by atoms with Crippen LogP contribution in [0.4, 0.5) is 0 Å². The summed E-state index contributed by atoms with van der Waals surface area (Å²) in [4.78, 5) is 11.9. The van der Waals surface area contributed by atoms with Crippen molar-refractivity contribution in [1.29, 1.82) is 0 Å². The van der Waals surface area contributed by atoms with E-state index in [0.29, 0.717) is 17.5 Å². The molecule has 0 radical (unpaired) electrons. The summed E-state index contributed by atoms with van der Waals surface area (Å²) in [5.74, 6) is 0.617. The van der Waals surface area contributed by atoms with Crippen molar-refractivity contribution in [2.75, 3.05) is 13.1 Å². The second kappa shape index (κ2) is 7.48. The Kier molecular flexibility index (Phi) is 6.60. The average Bonchev–Trinajstić information content (AvgIpc) is 2.25. The molecule has 1 heterocycles. The fraction of sp³-hybridized carbons (Fsp3) is 0.462. The topological polar surface area (TPSA) is 41.1 Å². The lowest BCUT2D eigenvalue weighted by atomic mass is 9.88. The van der Waals surface area contributed by atoms with E-state index in [-0.39, 0.29) is 24.2 Å². The molecule has 1 unspecified atom stereocenters. The zero-order valence-electron chi connectivity index (χ0n) is 10.6. The van der Waals surface area contributed by atoms with Gasteiger partial charge in [-0.05, 0) is 36.7 Å². The highest BCUT2D eigenvalue weighted by atomic mass is 79.9. The number of carbonyl (C=O) groups is 1. The monoisotopic (exact) mass is 366 g/mol. The smallest absolute Gasteiger partial charge is 0.223 e. The molecular formula is C13H17BrCl2N2O. The predicted octanol–water partition coefficient (Wildman–Crippen LogP) is 3.00. The van der Waals surface area contributed by atoms with Crippen LogP contribution in [-0.2, 0) is 11.3 Å². The van der Waals surface area contributed by atoms with Crippen LogP contribution in [-0.4, -0.2) is 19.0 Å². The molecule has 0 aromatic heterocycles. The van der Waals surface area contributed by atoms with E-state index >= 15 is 0 Å². The molecule has 6 heteroatoms. The van der Waals surface area contributed by atoms with Gasteiger partial charge in [-0.25, -0.2) is 0 Å². The van der Waals surface area contributed by atoms with E-state index in [1.807, 2.05) is 25.1 Å². The zero-order chi connectivity index (χ0) is 13.1. The minimum Gasteiger partial charge on any atom is -0.352 e. The zero-order valence-corrected chi connectivity index (χ0v) is 13.7. The van der Waals surface area contributed by atoms with Crippen LogP contribution in [0.3, 0.4) is 0 Å². The molecule has 19 heavy (non-hydrogen) atoms. The maximum atomic E-state index is 11.9. The molecule has 1 aromatic carbocycles. The minimum atomic E-state index is 0. The highest BCUT2D eigenvalue weighted by Gasteiger charge is 2.28. The third-order valence-corrected chi connectivity index (χ3v) is 4.25. The fourth-order valence-electron chi connectivity index (χ4n) is 1.89. The Morgan fingerprint density at radius 1 is 1.58 bits per heavy atom. The Bertz CT molecular complexity index is 452. The third kappa shape index (κ3) is 4.35. The van der Waals surface area contributed by atoms with Gasteiger partial charge in [-0.3, -0.25) is 4.79 Å². The largest absolute Gasteiger partial charge is 0.352 e. The standard InChI is InChI=1S/C13H16BrClN2O.ClH/c1-8(10-5-16-6-10)13(18)17-7-9-2-3-11(14)4-12(9)15;/h2-4,8,10,16H,5-7H2,1H3,(H,17,18);1H. The highest BCUT2D eigenvalue weighted by Crippen LogP contribution is 2.21. The Balaban J connectivity index is 0.00000180. The van der Waals surface area contributed by atoms with E-state index in [0.717, 1.165) is 23.1 Å².